The number of carbonyl (C=O) groups is 2. The lowest BCUT2D eigenvalue weighted by atomic mass is 10.2. The Kier molecular flexibility index (Phi) is 5.89. The highest BCUT2D eigenvalue weighted by atomic mass is 35.5. The molecule has 0 spiro atoms. The molecule has 0 unspecified atom stereocenters. The van der Waals surface area contributed by atoms with Crippen LogP contribution in [-0.4, -0.2) is 25.6 Å². The summed E-state index contributed by atoms with van der Waals surface area (Å²) in [7, 11) is 1.32. The van der Waals surface area contributed by atoms with Crippen molar-refractivity contribution in [1.82, 2.24) is 0 Å². The molecular weight excluding hydrogens is 357 g/mol. The molecule has 24 heavy (non-hydrogen) atoms. The molecule has 1 amide bonds. The first-order valence-electron chi connectivity index (χ1n) is 6.68. The summed E-state index contributed by atoms with van der Waals surface area (Å²) < 4.78 is 10.4. The third-order valence-corrected chi connectivity index (χ3v) is 3.47. The van der Waals surface area contributed by atoms with E-state index < -0.39 is 11.9 Å². The number of carboxylic acids is 1. The zero-order valence-corrected chi connectivity index (χ0v) is 14.0. The van der Waals surface area contributed by atoms with Crippen LogP contribution in [-0.2, 0) is 4.79 Å². The van der Waals surface area contributed by atoms with E-state index in [4.69, 9.17) is 32.7 Å². The van der Waals surface area contributed by atoms with Crippen molar-refractivity contribution < 1.29 is 24.2 Å². The zero-order valence-electron chi connectivity index (χ0n) is 12.5. The van der Waals surface area contributed by atoms with Gasteiger partial charge in [0.15, 0.2) is 18.1 Å². The summed E-state index contributed by atoms with van der Waals surface area (Å²) in [6.45, 7) is -0.344. The maximum absolute atomic E-state index is 11.9. The monoisotopic (exact) mass is 368 g/mol. The van der Waals surface area contributed by atoms with Crippen molar-refractivity contribution >= 4 is 40.8 Å². The highest BCUT2D eigenvalue weighted by molar-refractivity contribution is 6.32. The Bertz CT molecular complexity index is 762. The lowest BCUT2D eigenvalue weighted by molar-refractivity contribution is -0.255. The van der Waals surface area contributed by atoms with Gasteiger partial charge in [0.1, 0.15) is 0 Å². The second kappa shape index (κ2) is 7.90. The number of amides is 1. The molecule has 0 heterocycles. The van der Waals surface area contributed by atoms with Crippen LogP contribution in [0.1, 0.15) is 10.4 Å². The molecule has 0 saturated heterocycles. The van der Waals surface area contributed by atoms with Gasteiger partial charge in [0.25, 0.3) is 5.91 Å². The Balaban J connectivity index is 2.06. The van der Waals surface area contributed by atoms with Crippen molar-refractivity contribution in [3.63, 3.8) is 0 Å². The SMILES string of the molecule is COc1cc(C(=O)[O-])cc(Cl)c1OCC(=O)Nc1ccc(Cl)cc1. The summed E-state index contributed by atoms with van der Waals surface area (Å²) in [5.74, 6) is -1.68. The van der Waals surface area contributed by atoms with Gasteiger partial charge in [0.2, 0.25) is 0 Å². The van der Waals surface area contributed by atoms with Gasteiger partial charge >= 0.3 is 0 Å². The van der Waals surface area contributed by atoms with E-state index in [0.717, 1.165) is 6.07 Å². The number of benzene rings is 2. The number of halogens is 2. The molecule has 0 saturated carbocycles. The molecule has 2 aromatic rings. The van der Waals surface area contributed by atoms with Gasteiger partial charge < -0.3 is 24.7 Å². The summed E-state index contributed by atoms with van der Waals surface area (Å²) in [4.78, 5) is 22.8. The topological polar surface area (TPSA) is 87.7 Å². The van der Waals surface area contributed by atoms with Crippen molar-refractivity contribution in [3.05, 3.63) is 52.0 Å². The number of carbonyl (C=O) groups excluding carboxylic acids is 2. The number of nitrogens with one attached hydrogen (secondary N) is 1. The largest absolute Gasteiger partial charge is 0.545 e. The first-order chi connectivity index (χ1) is 11.4. The minimum absolute atomic E-state index is 0.00663. The van der Waals surface area contributed by atoms with Gasteiger partial charge in [0, 0.05) is 16.3 Å². The maximum Gasteiger partial charge on any atom is 0.262 e. The number of anilines is 1. The summed E-state index contributed by atoms with van der Waals surface area (Å²) in [5, 5.41) is 14.0. The number of hydrogen-bond acceptors (Lipinski definition) is 5. The second-order valence-corrected chi connectivity index (χ2v) is 5.46. The van der Waals surface area contributed by atoms with Crippen molar-refractivity contribution in [2.45, 2.75) is 0 Å². The smallest absolute Gasteiger partial charge is 0.262 e. The minimum Gasteiger partial charge on any atom is -0.545 e. The van der Waals surface area contributed by atoms with Crippen LogP contribution >= 0.6 is 23.2 Å². The van der Waals surface area contributed by atoms with Crippen molar-refractivity contribution in [3.8, 4) is 11.5 Å². The molecule has 126 valence electrons. The number of methoxy groups -OCH3 is 1. The predicted octanol–water partition coefficient (Wildman–Crippen LogP) is 2.38. The molecule has 6 nitrogen and oxygen atoms in total. The number of hydrogen-bond donors (Lipinski definition) is 1. The molecule has 0 fully saturated rings. The molecular formula is C16H12Cl2NO5-. The lowest BCUT2D eigenvalue weighted by Crippen LogP contribution is -2.23. The van der Waals surface area contributed by atoms with E-state index in [9.17, 15) is 14.7 Å². The van der Waals surface area contributed by atoms with Gasteiger partial charge in [-0.2, -0.15) is 0 Å². The Labute approximate surface area is 147 Å². The molecule has 0 aliphatic rings. The Morgan fingerprint density at radius 2 is 1.83 bits per heavy atom. The molecule has 0 bridgehead atoms. The van der Waals surface area contributed by atoms with Gasteiger partial charge in [0.05, 0.1) is 18.1 Å². The Morgan fingerprint density at radius 3 is 2.42 bits per heavy atom. The number of carboxylic acid groups (broad SMARTS) is 1. The van der Waals surface area contributed by atoms with Gasteiger partial charge in [-0.25, -0.2) is 0 Å². The van der Waals surface area contributed by atoms with Crippen molar-refractivity contribution in [2.75, 3.05) is 19.0 Å². The van der Waals surface area contributed by atoms with Gasteiger partial charge in [-0.15, -0.1) is 0 Å². The second-order valence-electron chi connectivity index (χ2n) is 4.62. The van der Waals surface area contributed by atoms with Crippen LogP contribution in [0.3, 0.4) is 0 Å². The van der Waals surface area contributed by atoms with Crippen LogP contribution in [0.15, 0.2) is 36.4 Å². The van der Waals surface area contributed by atoms with E-state index >= 15 is 0 Å². The number of aromatic carboxylic acids is 1. The first-order valence-corrected chi connectivity index (χ1v) is 7.43. The first kappa shape index (κ1) is 17.9. The molecule has 0 radical (unpaired) electrons. The summed E-state index contributed by atoms with van der Waals surface area (Å²) in [5.41, 5.74) is 0.396. The lowest BCUT2D eigenvalue weighted by Gasteiger charge is -2.14. The van der Waals surface area contributed by atoms with Crippen LogP contribution in [0, 0.1) is 0 Å². The van der Waals surface area contributed by atoms with E-state index in [1.807, 2.05) is 0 Å². The van der Waals surface area contributed by atoms with Crippen molar-refractivity contribution in [2.24, 2.45) is 0 Å². The van der Waals surface area contributed by atoms with Crippen LogP contribution in [0.25, 0.3) is 0 Å². The predicted molar refractivity (Wildman–Crippen MR) is 87.9 cm³/mol. The van der Waals surface area contributed by atoms with E-state index in [-0.39, 0.29) is 28.7 Å². The molecule has 2 rings (SSSR count). The Hall–Kier alpha value is -2.44. The van der Waals surface area contributed by atoms with Crippen molar-refractivity contribution in [1.29, 1.82) is 0 Å². The molecule has 0 atom stereocenters. The van der Waals surface area contributed by atoms with Gasteiger partial charge in [-0.1, -0.05) is 23.2 Å². The Morgan fingerprint density at radius 1 is 1.17 bits per heavy atom. The van der Waals surface area contributed by atoms with Gasteiger partial charge in [-0.3, -0.25) is 4.79 Å². The normalized spacial score (nSPS) is 10.1. The minimum atomic E-state index is -1.40. The summed E-state index contributed by atoms with van der Waals surface area (Å²) in [6.07, 6.45) is 0. The fourth-order valence-electron chi connectivity index (χ4n) is 1.85. The highest BCUT2D eigenvalue weighted by Gasteiger charge is 2.14. The highest BCUT2D eigenvalue weighted by Crippen LogP contribution is 2.36. The molecule has 0 aliphatic carbocycles. The van der Waals surface area contributed by atoms with E-state index in [2.05, 4.69) is 5.32 Å². The zero-order chi connectivity index (χ0) is 17.7. The maximum atomic E-state index is 11.9. The fraction of sp³-hybridized carbons (Fsp3) is 0.125. The third kappa shape index (κ3) is 4.53. The molecule has 8 heteroatoms. The third-order valence-electron chi connectivity index (χ3n) is 2.94. The van der Waals surface area contributed by atoms with E-state index in [1.165, 1.54) is 13.2 Å². The summed E-state index contributed by atoms with van der Waals surface area (Å²) in [6, 6.07) is 8.91. The van der Waals surface area contributed by atoms with Crippen LogP contribution in [0.4, 0.5) is 5.69 Å². The quantitative estimate of drug-likeness (QED) is 0.845. The fourth-order valence-corrected chi connectivity index (χ4v) is 2.24. The average molecular weight is 369 g/mol. The summed E-state index contributed by atoms with van der Waals surface area (Å²) >= 11 is 11.7. The van der Waals surface area contributed by atoms with Crippen LogP contribution in [0.5, 0.6) is 11.5 Å². The molecule has 1 N–H and O–H groups in total. The standard InChI is InChI=1S/C16H13Cl2NO5/c1-23-13-7-9(16(21)22)6-12(18)15(13)24-8-14(20)19-11-4-2-10(17)3-5-11/h2-7H,8H2,1H3,(H,19,20)(H,21,22)/p-1. The molecule has 0 aliphatic heterocycles. The number of ether oxygens (including phenoxy) is 2. The van der Waals surface area contributed by atoms with Crippen LogP contribution < -0.4 is 19.9 Å². The molecule has 0 aromatic heterocycles. The molecule has 2 aromatic carbocycles. The number of rotatable bonds is 6. The van der Waals surface area contributed by atoms with Crippen LogP contribution in [0.2, 0.25) is 10.0 Å². The van der Waals surface area contributed by atoms with E-state index in [0.29, 0.717) is 10.7 Å². The average Bonchev–Trinajstić information content (AvgIpc) is 2.55. The van der Waals surface area contributed by atoms with E-state index in [1.54, 1.807) is 24.3 Å². The van der Waals surface area contributed by atoms with Gasteiger partial charge in [-0.05, 0) is 36.4 Å².